The number of nitrogen functional groups attached to an aromatic ring is 2. The molecule has 2 aromatic carbocycles. The van der Waals surface area contributed by atoms with Crippen LogP contribution < -0.4 is 16.2 Å². The Bertz CT molecular complexity index is 429. The van der Waals surface area contributed by atoms with Gasteiger partial charge in [-0.3, -0.25) is 0 Å². The number of benzene rings is 2. The topological polar surface area (TPSA) is 61.3 Å². The molecular formula is C15H18N2O. The molecule has 2 rings (SSSR count). The molecular weight excluding hydrogens is 224 g/mol. The molecule has 94 valence electrons. The van der Waals surface area contributed by atoms with Gasteiger partial charge in [-0.25, -0.2) is 0 Å². The Balaban J connectivity index is 1.73. The summed E-state index contributed by atoms with van der Waals surface area (Å²) in [6, 6.07) is 15.4. The maximum atomic E-state index is 5.63. The number of hydrogen-bond acceptors (Lipinski definition) is 3. The molecule has 0 atom stereocenters. The highest BCUT2D eigenvalue weighted by Gasteiger charge is 1.96. The summed E-state index contributed by atoms with van der Waals surface area (Å²) in [5.41, 5.74) is 14.1. The van der Waals surface area contributed by atoms with E-state index in [4.69, 9.17) is 16.2 Å². The van der Waals surface area contributed by atoms with Gasteiger partial charge in [0.2, 0.25) is 0 Å². The van der Waals surface area contributed by atoms with E-state index >= 15 is 0 Å². The number of hydrogen-bond donors (Lipinski definition) is 2. The zero-order valence-electron chi connectivity index (χ0n) is 10.3. The normalized spacial score (nSPS) is 10.2. The Morgan fingerprint density at radius 2 is 1.33 bits per heavy atom. The van der Waals surface area contributed by atoms with Crippen molar-refractivity contribution in [1.29, 1.82) is 0 Å². The Morgan fingerprint density at radius 1 is 0.778 bits per heavy atom. The summed E-state index contributed by atoms with van der Waals surface area (Å²) in [4.78, 5) is 0. The molecule has 0 fully saturated rings. The lowest BCUT2D eigenvalue weighted by atomic mass is 10.1. The average Bonchev–Trinajstić information content (AvgIpc) is 2.39. The van der Waals surface area contributed by atoms with Crippen LogP contribution in [0.15, 0.2) is 48.5 Å². The van der Waals surface area contributed by atoms with Gasteiger partial charge in [-0.05, 0) is 54.8 Å². The summed E-state index contributed by atoms with van der Waals surface area (Å²) in [6.07, 6.45) is 1.98. The fourth-order valence-corrected chi connectivity index (χ4v) is 1.71. The first-order chi connectivity index (χ1) is 8.74. The van der Waals surface area contributed by atoms with E-state index in [1.165, 1.54) is 5.56 Å². The Kier molecular flexibility index (Phi) is 4.07. The van der Waals surface area contributed by atoms with Crippen LogP contribution >= 0.6 is 0 Å². The van der Waals surface area contributed by atoms with Crippen LogP contribution in [-0.4, -0.2) is 6.61 Å². The number of nitrogens with two attached hydrogens (primary N) is 2. The van der Waals surface area contributed by atoms with Gasteiger partial charge in [-0.15, -0.1) is 0 Å². The molecule has 0 aromatic heterocycles. The summed E-state index contributed by atoms with van der Waals surface area (Å²) in [5.74, 6) is 0.863. The van der Waals surface area contributed by atoms with E-state index in [-0.39, 0.29) is 0 Å². The van der Waals surface area contributed by atoms with Gasteiger partial charge < -0.3 is 16.2 Å². The van der Waals surface area contributed by atoms with Crippen LogP contribution in [0.25, 0.3) is 0 Å². The van der Waals surface area contributed by atoms with Crippen molar-refractivity contribution in [3.8, 4) is 5.75 Å². The molecule has 0 heterocycles. The first-order valence-corrected chi connectivity index (χ1v) is 6.07. The highest BCUT2D eigenvalue weighted by atomic mass is 16.5. The minimum absolute atomic E-state index is 0.703. The first kappa shape index (κ1) is 12.3. The summed E-state index contributed by atoms with van der Waals surface area (Å²) in [5, 5.41) is 0. The van der Waals surface area contributed by atoms with Crippen LogP contribution in [0.3, 0.4) is 0 Å². The monoisotopic (exact) mass is 242 g/mol. The lowest BCUT2D eigenvalue weighted by Crippen LogP contribution is -1.99. The Hall–Kier alpha value is -2.16. The number of ether oxygens (including phenoxy) is 1. The molecule has 0 unspecified atom stereocenters. The number of rotatable bonds is 5. The molecule has 2 aromatic rings. The molecule has 3 heteroatoms. The molecule has 3 nitrogen and oxygen atoms in total. The fourth-order valence-electron chi connectivity index (χ4n) is 1.71. The second-order valence-corrected chi connectivity index (χ2v) is 4.26. The van der Waals surface area contributed by atoms with Crippen LogP contribution in [-0.2, 0) is 6.42 Å². The zero-order chi connectivity index (χ0) is 12.8. The van der Waals surface area contributed by atoms with Crippen molar-refractivity contribution in [1.82, 2.24) is 0 Å². The highest BCUT2D eigenvalue weighted by molar-refractivity contribution is 5.41. The van der Waals surface area contributed by atoms with E-state index in [9.17, 15) is 0 Å². The Morgan fingerprint density at radius 3 is 1.94 bits per heavy atom. The Labute approximate surface area is 107 Å². The summed E-state index contributed by atoms with van der Waals surface area (Å²) in [6.45, 7) is 0.703. The molecule has 18 heavy (non-hydrogen) atoms. The SMILES string of the molecule is Nc1ccc(CCCOc2ccc(N)cc2)cc1. The van der Waals surface area contributed by atoms with E-state index in [2.05, 4.69) is 12.1 Å². The van der Waals surface area contributed by atoms with Gasteiger partial charge >= 0.3 is 0 Å². The molecule has 0 aliphatic carbocycles. The predicted molar refractivity (Wildman–Crippen MR) is 75.5 cm³/mol. The van der Waals surface area contributed by atoms with E-state index in [0.717, 1.165) is 30.0 Å². The summed E-state index contributed by atoms with van der Waals surface area (Å²) >= 11 is 0. The third-order valence-electron chi connectivity index (χ3n) is 2.74. The third-order valence-corrected chi connectivity index (χ3v) is 2.74. The van der Waals surface area contributed by atoms with Crippen molar-refractivity contribution in [2.24, 2.45) is 0 Å². The van der Waals surface area contributed by atoms with Crippen molar-refractivity contribution in [3.63, 3.8) is 0 Å². The largest absolute Gasteiger partial charge is 0.494 e. The quantitative estimate of drug-likeness (QED) is 0.626. The van der Waals surface area contributed by atoms with Crippen molar-refractivity contribution in [2.45, 2.75) is 12.8 Å². The van der Waals surface area contributed by atoms with Crippen molar-refractivity contribution in [2.75, 3.05) is 18.1 Å². The molecule has 0 aliphatic rings. The van der Waals surface area contributed by atoms with Gasteiger partial charge in [0.15, 0.2) is 0 Å². The maximum absolute atomic E-state index is 5.63. The van der Waals surface area contributed by atoms with E-state index in [0.29, 0.717) is 6.61 Å². The lowest BCUT2D eigenvalue weighted by molar-refractivity contribution is 0.311. The minimum Gasteiger partial charge on any atom is -0.494 e. The molecule has 0 bridgehead atoms. The van der Waals surface area contributed by atoms with Gasteiger partial charge in [0, 0.05) is 11.4 Å². The van der Waals surface area contributed by atoms with E-state index in [1.54, 1.807) is 0 Å². The van der Waals surface area contributed by atoms with Crippen molar-refractivity contribution >= 4 is 11.4 Å². The number of anilines is 2. The summed E-state index contributed by atoms with van der Waals surface area (Å²) in [7, 11) is 0. The van der Waals surface area contributed by atoms with Gasteiger partial charge in [-0.1, -0.05) is 12.1 Å². The second-order valence-electron chi connectivity index (χ2n) is 4.26. The highest BCUT2D eigenvalue weighted by Crippen LogP contribution is 2.14. The maximum Gasteiger partial charge on any atom is 0.119 e. The molecule has 0 radical (unpaired) electrons. The van der Waals surface area contributed by atoms with E-state index in [1.807, 2.05) is 36.4 Å². The van der Waals surface area contributed by atoms with Gasteiger partial charge in [-0.2, -0.15) is 0 Å². The third kappa shape index (κ3) is 3.70. The predicted octanol–water partition coefficient (Wildman–Crippen LogP) is 2.86. The lowest BCUT2D eigenvalue weighted by Gasteiger charge is -2.06. The fraction of sp³-hybridized carbons (Fsp3) is 0.200. The van der Waals surface area contributed by atoms with Gasteiger partial charge in [0.25, 0.3) is 0 Å². The van der Waals surface area contributed by atoms with Crippen molar-refractivity contribution in [3.05, 3.63) is 54.1 Å². The summed E-state index contributed by atoms with van der Waals surface area (Å²) < 4.78 is 5.63. The van der Waals surface area contributed by atoms with Crippen molar-refractivity contribution < 1.29 is 4.74 Å². The molecule has 0 saturated heterocycles. The average molecular weight is 242 g/mol. The van der Waals surface area contributed by atoms with Crippen LogP contribution in [0.5, 0.6) is 5.75 Å². The molecule has 0 saturated carbocycles. The van der Waals surface area contributed by atoms with Gasteiger partial charge in [0.1, 0.15) is 5.75 Å². The minimum atomic E-state index is 0.703. The van der Waals surface area contributed by atoms with Gasteiger partial charge in [0.05, 0.1) is 6.61 Å². The van der Waals surface area contributed by atoms with Crippen LogP contribution in [0.2, 0.25) is 0 Å². The standard InChI is InChI=1S/C15H18N2O/c16-13-5-3-12(4-6-13)2-1-11-18-15-9-7-14(17)8-10-15/h3-10H,1-2,11,16-17H2. The first-order valence-electron chi connectivity index (χ1n) is 6.07. The molecule has 0 spiro atoms. The molecule has 4 N–H and O–H groups in total. The molecule has 0 aliphatic heterocycles. The van der Waals surface area contributed by atoms with Crippen LogP contribution in [0, 0.1) is 0 Å². The second kappa shape index (κ2) is 5.96. The van der Waals surface area contributed by atoms with E-state index < -0.39 is 0 Å². The molecule has 0 amide bonds. The zero-order valence-corrected chi connectivity index (χ0v) is 10.3. The van der Waals surface area contributed by atoms with Crippen LogP contribution in [0.1, 0.15) is 12.0 Å². The van der Waals surface area contributed by atoms with Crippen LogP contribution in [0.4, 0.5) is 11.4 Å². The smallest absolute Gasteiger partial charge is 0.119 e. The number of aryl methyl sites for hydroxylation is 1.